The molecule has 0 aliphatic rings. The molecule has 0 atom stereocenters. The van der Waals surface area contributed by atoms with E-state index < -0.39 is 0 Å². The molecule has 0 saturated heterocycles. The largest absolute Gasteiger partial charge is 0.368 e. The average molecular weight is 299 g/mol. The van der Waals surface area contributed by atoms with Crippen molar-refractivity contribution in [3.05, 3.63) is 70.2 Å². The van der Waals surface area contributed by atoms with E-state index >= 15 is 0 Å². The summed E-state index contributed by atoms with van der Waals surface area (Å²) in [5.41, 5.74) is 7.52. The monoisotopic (exact) mass is 298 g/mol. The van der Waals surface area contributed by atoms with Gasteiger partial charge in [0.15, 0.2) is 0 Å². The van der Waals surface area contributed by atoms with Crippen molar-refractivity contribution >= 4 is 17.5 Å². The second kappa shape index (κ2) is 5.38. The van der Waals surface area contributed by atoms with Crippen molar-refractivity contribution in [2.45, 2.75) is 0 Å². The van der Waals surface area contributed by atoms with E-state index in [2.05, 4.69) is 9.97 Å². The van der Waals surface area contributed by atoms with Gasteiger partial charge in [0.25, 0.3) is 5.56 Å². The highest BCUT2D eigenvalue weighted by Gasteiger charge is 2.08. The first-order valence-electron chi connectivity index (χ1n) is 6.21. The van der Waals surface area contributed by atoms with E-state index in [0.29, 0.717) is 10.7 Å². The SMILES string of the molecule is Nc1ncc(Cl)c(-c2cccc(-n3ccccc3=O)c2)n1. The van der Waals surface area contributed by atoms with E-state index in [1.807, 2.05) is 24.3 Å². The Kier molecular flexibility index (Phi) is 3.41. The van der Waals surface area contributed by atoms with Crippen LogP contribution in [0.15, 0.2) is 59.7 Å². The molecule has 1 aromatic carbocycles. The van der Waals surface area contributed by atoms with Crippen molar-refractivity contribution in [3.8, 4) is 16.9 Å². The topological polar surface area (TPSA) is 73.8 Å². The number of hydrogen-bond acceptors (Lipinski definition) is 4. The van der Waals surface area contributed by atoms with Crippen LogP contribution in [0, 0.1) is 0 Å². The smallest absolute Gasteiger partial charge is 0.255 e. The van der Waals surface area contributed by atoms with Crippen molar-refractivity contribution in [2.24, 2.45) is 0 Å². The molecule has 0 radical (unpaired) electrons. The molecule has 21 heavy (non-hydrogen) atoms. The molecule has 0 aliphatic heterocycles. The van der Waals surface area contributed by atoms with Gasteiger partial charge < -0.3 is 5.73 Å². The van der Waals surface area contributed by atoms with Crippen LogP contribution in [0.1, 0.15) is 0 Å². The normalized spacial score (nSPS) is 10.5. The number of halogens is 1. The Morgan fingerprint density at radius 2 is 2.00 bits per heavy atom. The number of hydrogen-bond donors (Lipinski definition) is 1. The summed E-state index contributed by atoms with van der Waals surface area (Å²) < 4.78 is 1.54. The van der Waals surface area contributed by atoms with Gasteiger partial charge in [0.2, 0.25) is 5.95 Å². The van der Waals surface area contributed by atoms with E-state index in [1.165, 1.54) is 12.3 Å². The lowest BCUT2D eigenvalue weighted by atomic mass is 10.1. The van der Waals surface area contributed by atoms with E-state index in [0.717, 1.165) is 11.3 Å². The van der Waals surface area contributed by atoms with Crippen LogP contribution in [-0.4, -0.2) is 14.5 Å². The Labute approximate surface area is 125 Å². The molecule has 0 saturated carbocycles. The predicted octanol–water partition coefficient (Wildman–Crippen LogP) is 2.53. The maximum absolute atomic E-state index is 11.9. The summed E-state index contributed by atoms with van der Waals surface area (Å²) in [5, 5.41) is 0.404. The molecule has 0 spiro atoms. The lowest BCUT2D eigenvalue weighted by Gasteiger charge is -2.08. The van der Waals surface area contributed by atoms with Crippen molar-refractivity contribution in [1.29, 1.82) is 0 Å². The molecule has 0 bridgehead atoms. The van der Waals surface area contributed by atoms with Gasteiger partial charge in [-0.2, -0.15) is 0 Å². The molecule has 0 fully saturated rings. The van der Waals surface area contributed by atoms with E-state index in [1.54, 1.807) is 22.9 Å². The van der Waals surface area contributed by atoms with Crippen LogP contribution in [-0.2, 0) is 0 Å². The van der Waals surface area contributed by atoms with Crippen molar-refractivity contribution in [3.63, 3.8) is 0 Å². The first kappa shape index (κ1) is 13.3. The Morgan fingerprint density at radius 3 is 2.81 bits per heavy atom. The number of aromatic nitrogens is 3. The van der Waals surface area contributed by atoms with Crippen LogP contribution in [0.25, 0.3) is 16.9 Å². The third-order valence-corrected chi connectivity index (χ3v) is 3.26. The summed E-state index contributed by atoms with van der Waals surface area (Å²) in [6.45, 7) is 0. The summed E-state index contributed by atoms with van der Waals surface area (Å²) in [7, 11) is 0. The third-order valence-electron chi connectivity index (χ3n) is 2.98. The molecule has 2 N–H and O–H groups in total. The number of rotatable bonds is 2. The third kappa shape index (κ3) is 2.64. The Balaban J connectivity index is 2.15. The highest BCUT2D eigenvalue weighted by molar-refractivity contribution is 6.32. The fraction of sp³-hybridized carbons (Fsp3) is 0. The lowest BCUT2D eigenvalue weighted by molar-refractivity contribution is 0.990. The fourth-order valence-electron chi connectivity index (χ4n) is 2.03. The number of benzene rings is 1. The molecule has 6 heteroatoms. The van der Waals surface area contributed by atoms with Crippen molar-refractivity contribution < 1.29 is 0 Å². The molecule has 3 aromatic rings. The Hall–Kier alpha value is -2.66. The number of nitrogens with zero attached hydrogens (tertiary/aromatic N) is 3. The summed E-state index contributed by atoms with van der Waals surface area (Å²) in [4.78, 5) is 19.9. The van der Waals surface area contributed by atoms with Crippen LogP contribution in [0.2, 0.25) is 5.02 Å². The molecular formula is C15H11ClN4O. The standard InChI is InChI=1S/C15H11ClN4O/c16-12-9-18-15(17)19-14(12)10-4-3-5-11(8-10)20-7-2-1-6-13(20)21/h1-9H,(H2,17,18,19). The Bertz CT molecular complexity index is 860. The molecule has 0 unspecified atom stereocenters. The van der Waals surface area contributed by atoms with Gasteiger partial charge in [-0.1, -0.05) is 29.8 Å². The van der Waals surface area contributed by atoms with Crippen LogP contribution in [0.3, 0.4) is 0 Å². The molecule has 5 nitrogen and oxygen atoms in total. The van der Waals surface area contributed by atoms with Gasteiger partial charge in [0, 0.05) is 23.5 Å². The maximum Gasteiger partial charge on any atom is 0.255 e. The summed E-state index contributed by atoms with van der Waals surface area (Å²) >= 11 is 6.11. The zero-order valence-electron chi connectivity index (χ0n) is 10.9. The molecule has 3 rings (SSSR count). The molecule has 0 aliphatic carbocycles. The Morgan fingerprint density at radius 1 is 1.14 bits per heavy atom. The van der Waals surface area contributed by atoms with Gasteiger partial charge in [-0.05, 0) is 18.2 Å². The highest BCUT2D eigenvalue weighted by Crippen LogP contribution is 2.26. The van der Waals surface area contributed by atoms with Gasteiger partial charge in [-0.3, -0.25) is 9.36 Å². The fourth-order valence-corrected chi connectivity index (χ4v) is 2.23. The van der Waals surface area contributed by atoms with Crippen molar-refractivity contribution in [1.82, 2.24) is 14.5 Å². The van der Waals surface area contributed by atoms with Crippen LogP contribution in [0.5, 0.6) is 0 Å². The average Bonchev–Trinajstić information content (AvgIpc) is 2.50. The number of pyridine rings is 1. The van der Waals surface area contributed by atoms with Crippen LogP contribution >= 0.6 is 11.6 Å². The van der Waals surface area contributed by atoms with E-state index in [4.69, 9.17) is 17.3 Å². The first-order chi connectivity index (χ1) is 10.1. The maximum atomic E-state index is 11.9. The highest BCUT2D eigenvalue weighted by atomic mass is 35.5. The summed E-state index contributed by atoms with van der Waals surface area (Å²) in [5.74, 6) is 0.150. The van der Waals surface area contributed by atoms with Gasteiger partial charge in [-0.25, -0.2) is 9.97 Å². The van der Waals surface area contributed by atoms with Gasteiger partial charge in [0.05, 0.1) is 16.9 Å². The summed E-state index contributed by atoms with van der Waals surface area (Å²) in [6.07, 6.45) is 3.16. The van der Waals surface area contributed by atoms with Gasteiger partial charge in [0.1, 0.15) is 0 Å². The predicted molar refractivity (Wildman–Crippen MR) is 82.5 cm³/mol. The molecule has 104 valence electrons. The van der Waals surface area contributed by atoms with Crippen molar-refractivity contribution in [2.75, 3.05) is 5.73 Å². The molecular weight excluding hydrogens is 288 g/mol. The number of nitrogens with two attached hydrogens (primary N) is 1. The zero-order valence-corrected chi connectivity index (χ0v) is 11.7. The van der Waals surface area contributed by atoms with Crippen LogP contribution in [0.4, 0.5) is 5.95 Å². The minimum atomic E-state index is -0.108. The van der Waals surface area contributed by atoms with E-state index in [-0.39, 0.29) is 11.5 Å². The van der Waals surface area contributed by atoms with Gasteiger partial charge >= 0.3 is 0 Å². The van der Waals surface area contributed by atoms with E-state index in [9.17, 15) is 4.79 Å². The first-order valence-corrected chi connectivity index (χ1v) is 6.59. The lowest BCUT2D eigenvalue weighted by Crippen LogP contribution is -2.15. The minimum Gasteiger partial charge on any atom is -0.368 e. The van der Waals surface area contributed by atoms with Gasteiger partial charge in [-0.15, -0.1) is 0 Å². The number of anilines is 1. The second-order valence-electron chi connectivity index (χ2n) is 4.38. The zero-order chi connectivity index (χ0) is 14.8. The molecule has 2 heterocycles. The number of nitrogen functional groups attached to an aromatic ring is 1. The van der Waals surface area contributed by atoms with Crippen LogP contribution < -0.4 is 11.3 Å². The second-order valence-corrected chi connectivity index (χ2v) is 4.79. The minimum absolute atomic E-state index is 0.108. The molecule has 2 aromatic heterocycles. The molecule has 0 amide bonds. The quantitative estimate of drug-likeness (QED) is 0.789. The summed E-state index contributed by atoms with van der Waals surface area (Å²) in [6, 6.07) is 12.3.